The molecule has 1 aliphatic rings. The van der Waals surface area contributed by atoms with Crippen LogP contribution in [0, 0.1) is 5.92 Å². The molecule has 5 nitrogen and oxygen atoms in total. The van der Waals surface area contributed by atoms with Crippen molar-refractivity contribution in [2.75, 3.05) is 5.32 Å². The van der Waals surface area contributed by atoms with Crippen molar-refractivity contribution in [3.05, 3.63) is 29.8 Å². The molecule has 3 N–H and O–H groups in total. The van der Waals surface area contributed by atoms with E-state index in [0.29, 0.717) is 23.6 Å². The van der Waals surface area contributed by atoms with Crippen molar-refractivity contribution in [1.82, 2.24) is 0 Å². The fraction of sp³-hybridized carbons (Fsp3) is 0.562. The molecule has 0 bridgehead atoms. The number of anilines is 1. The van der Waals surface area contributed by atoms with Crippen molar-refractivity contribution in [2.24, 2.45) is 11.1 Å². The number of rotatable bonds is 6. The maximum absolute atomic E-state index is 11.9. The number of benzene rings is 1. The van der Waals surface area contributed by atoms with Gasteiger partial charge in [-0.05, 0) is 30.0 Å². The lowest BCUT2D eigenvalue weighted by atomic mass is 9.86. The summed E-state index contributed by atoms with van der Waals surface area (Å²) in [5.41, 5.74) is 1.30. The highest BCUT2D eigenvalue weighted by molar-refractivity contribution is 7.88. The number of carbonyl (C=O) groups excluding carboxylic acids is 1. The summed E-state index contributed by atoms with van der Waals surface area (Å²) in [6.45, 7) is 0. The SMILES string of the molecule is NS(=O)(=O)Cc1ccc(NC(=O)CCC2CCCCC2)cc1. The largest absolute Gasteiger partial charge is 0.326 e. The fourth-order valence-electron chi connectivity index (χ4n) is 2.95. The van der Waals surface area contributed by atoms with Gasteiger partial charge in [-0.3, -0.25) is 4.79 Å². The highest BCUT2D eigenvalue weighted by atomic mass is 32.2. The molecule has 0 unspecified atom stereocenters. The monoisotopic (exact) mass is 324 g/mol. The first-order valence-corrected chi connectivity index (χ1v) is 9.53. The zero-order valence-corrected chi connectivity index (χ0v) is 13.6. The standard InChI is InChI=1S/C16H24N2O3S/c17-22(20,21)12-14-6-9-15(10-7-14)18-16(19)11-8-13-4-2-1-3-5-13/h6-7,9-10,13H,1-5,8,11-12H2,(H,18,19)(H2,17,20,21). The summed E-state index contributed by atoms with van der Waals surface area (Å²) >= 11 is 0. The Balaban J connectivity index is 1.78. The smallest absolute Gasteiger partial charge is 0.224 e. The molecule has 0 heterocycles. The Labute approximate surface area is 132 Å². The number of primary sulfonamides is 1. The highest BCUT2D eigenvalue weighted by Crippen LogP contribution is 2.27. The van der Waals surface area contributed by atoms with Gasteiger partial charge in [0.25, 0.3) is 0 Å². The Hall–Kier alpha value is -1.40. The normalized spacial score (nSPS) is 16.4. The van der Waals surface area contributed by atoms with E-state index in [4.69, 9.17) is 5.14 Å². The maximum atomic E-state index is 11.9. The number of hydrogen-bond acceptors (Lipinski definition) is 3. The van der Waals surface area contributed by atoms with E-state index in [2.05, 4.69) is 5.32 Å². The van der Waals surface area contributed by atoms with Crippen LogP contribution < -0.4 is 10.5 Å². The molecule has 0 saturated heterocycles. The average Bonchev–Trinajstić information content (AvgIpc) is 2.47. The van der Waals surface area contributed by atoms with Crippen LogP contribution in [0.3, 0.4) is 0 Å². The van der Waals surface area contributed by atoms with Gasteiger partial charge in [0.2, 0.25) is 15.9 Å². The first-order chi connectivity index (χ1) is 10.4. The summed E-state index contributed by atoms with van der Waals surface area (Å²) in [5.74, 6) is 0.518. The molecule has 0 radical (unpaired) electrons. The van der Waals surface area contributed by atoms with Crippen LogP contribution >= 0.6 is 0 Å². The topological polar surface area (TPSA) is 89.3 Å². The number of carbonyl (C=O) groups is 1. The van der Waals surface area contributed by atoms with Crippen LogP contribution in [0.25, 0.3) is 0 Å². The molecule has 0 aromatic heterocycles. The Morgan fingerprint density at radius 3 is 2.36 bits per heavy atom. The molecule has 22 heavy (non-hydrogen) atoms. The van der Waals surface area contributed by atoms with Crippen LogP contribution in [0.4, 0.5) is 5.69 Å². The zero-order chi connectivity index (χ0) is 16.0. The number of amides is 1. The summed E-state index contributed by atoms with van der Waals surface area (Å²) in [4.78, 5) is 11.9. The second-order valence-corrected chi connectivity index (χ2v) is 7.71. The quantitative estimate of drug-likeness (QED) is 0.843. The Morgan fingerprint density at radius 1 is 1.14 bits per heavy atom. The Morgan fingerprint density at radius 2 is 1.77 bits per heavy atom. The van der Waals surface area contributed by atoms with Gasteiger partial charge in [0.1, 0.15) is 0 Å². The maximum Gasteiger partial charge on any atom is 0.224 e. The van der Waals surface area contributed by atoms with E-state index in [0.717, 1.165) is 6.42 Å². The average molecular weight is 324 g/mol. The van der Waals surface area contributed by atoms with Crippen LogP contribution in [-0.2, 0) is 20.6 Å². The predicted molar refractivity (Wildman–Crippen MR) is 87.7 cm³/mol. The fourth-order valence-corrected chi connectivity index (χ4v) is 3.61. The summed E-state index contributed by atoms with van der Waals surface area (Å²) in [7, 11) is -3.52. The van der Waals surface area contributed by atoms with E-state index in [1.165, 1.54) is 32.1 Å². The highest BCUT2D eigenvalue weighted by Gasteiger charge is 2.14. The minimum Gasteiger partial charge on any atom is -0.326 e. The molecule has 122 valence electrons. The van der Waals surface area contributed by atoms with Gasteiger partial charge in [-0.2, -0.15) is 0 Å². The van der Waals surface area contributed by atoms with Gasteiger partial charge in [0.05, 0.1) is 5.75 Å². The number of sulfonamides is 1. The zero-order valence-electron chi connectivity index (χ0n) is 12.8. The number of nitrogens with two attached hydrogens (primary N) is 1. The van der Waals surface area contributed by atoms with E-state index in [1.54, 1.807) is 24.3 Å². The first-order valence-electron chi connectivity index (χ1n) is 7.82. The molecule has 1 aromatic rings. The number of nitrogens with one attached hydrogen (secondary N) is 1. The first kappa shape index (κ1) is 17.0. The van der Waals surface area contributed by atoms with Crippen molar-refractivity contribution in [3.8, 4) is 0 Å². The predicted octanol–water partition coefficient (Wildman–Crippen LogP) is 2.77. The second-order valence-electron chi connectivity index (χ2n) is 6.10. The van der Waals surface area contributed by atoms with Crippen LogP contribution in [0.2, 0.25) is 0 Å². The molecule has 0 aliphatic heterocycles. The van der Waals surface area contributed by atoms with Gasteiger partial charge in [-0.1, -0.05) is 44.2 Å². The second kappa shape index (κ2) is 7.74. The van der Waals surface area contributed by atoms with Crippen LogP contribution in [-0.4, -0.2) is 14.3 Å². The van der Waals surface area contributed by atoms with Crippen molar-refractivity contribution in [3.63, 3.8) is 0 Å². The third kappa shape index (κ3) is 6.15. The molecule has 1 aliphatic carbocycles. The lowest BCUT2D eigenvalue weighted by molar-refractivity contribution is -0.116. The van der Waals surface area contributed by atoms with Crippen molar-refractivity contribution in [1.29, 1.82) is 0 Å². The molecule has 1 saturated carbocycles. The van der Waals surface area contributed by atoms with Gasteiger partial charge in [0.15, 0.2) is 0 Å². The van der Waals surface area contributed by atoms with Crippen LogP contribution in [0.5, 0.6) is 0 Å². The molecule has 1 aromatic carbocycles. The lowest BCUT2D eigenvalue weighted by Crippen LogP contribution is -2.15. The summed E-state index contributed by atoms with van der Waals surface area (Å²) in [6, 6.07) is 6.75. The van der Waals surface area contributed by atoms with Gasteiger partial charge in [0, 0.05) is 12.1 Å². The molecular weight excluding hydrogens is 300 g/mol. The third-order valence-electron chi connectivity index (χ3n) is 4.11. The molecule has 2 rings (SSSR count). The van der Waals surface area contributed by atoms with E-state index in [9.17, 15) is 13.2 Å². The Bertz CT molecular complexity index is 590. The van der Waals surface area contributed by atoms with Gasteiger partial charge < -0.3 is 5.32 Å². The lowest BCUT2D eigenvalue weighted by Gasteiger charge is -2.21. The van der Waals surface area contributed by atoms with E-state index in [1.807, 2.05) is 0 Å². The molecule has 0 spiro atoms. The Kier molecular flexibility index (Phi) is 5.97. The third-order valence-corrected chi connectivity index (χ3v) is 4.85. The van der Waals surface area contributed by atoms with Gasteiger partial charge in [-0.25, -0.2) is 13.6 Å². The van der Waals surface area contributed by atoms with E-state index in [-0.39, 0.29) is 11.7 Å². The van der Waals surface area contributed by atoms with Crippen LogP contribution in [0.1, 0.15) is 50.5 Å². The van der Waals surface area contributed by atoms with Crippen molar-refractivity contribution < 1.29 is 13.2 Å². The molecule has 1 fully saturated rings. The van der Waals surface area contributed by atoms with Crippen molar-refractivity contribution >= 4 is 21.6 Å². The molecule has 6 heteroatoms. The van der Waals surface area contributed by atoms with Gasteiger partial charge >= 0.3 is 0 Å². The van der Waals surface area contributed by atoms with Crippen LogP contribution in [0.15, 0.2) is 24.3 Å². The summed E-state index contributed by atoms with van der Waals surface area (Å²) in [5, 5.41) is 7.85. The van der Waals surface area contributed by atoms with Crippen molar-refractivity contribution in [2.45, 2.75) is 50.7 Å². The van der Waals surface area contributed by atoms with Gasteiger partial charge in [-0.15, -0.1) is 0 Å². The molecular formula is C16H24N2O3S. The minimum atomic E-state index is -3.52. The number of hydrogen-bond donors (Lipinski definition) is 2. The molecule has 1 amide bonds. The summed E-state index contributed by atoms with van der Waals surface area (Å²) in [6.07, 6.45) is 7.90. The van der Waals surface area contributed by atoms with E-state index >= 15 is 0 Å². The summed E-state index contributed by atoms with van der Waals surface area (Å²) < 4.78 is 22.0. The van der Waals surface area contributed by atoms with E-state index < -0.39 is 10.0 Å². The molecule has 0 atom stereocenters. The minimum absolute atomic E-state index is 0.0183.